The Hall–Kier alpha value is -2.02. The van der Waals surface area contributed by atoms with Gasteiger partial charge < -0.3 is 4.74 Å². The third kappa shape index (κ3) is 4.83. The van der Waals surface area contributed by atoms with Gasteiger partial charge in [-0.1, -0.05) is 0 Å². The molecule has 2 aromatic rings. The number of rotatable bonds is 6. The van der Waals surface area contributed by atoms with Crippen molar-refractivity contribution in [1.82, 2.24) is 9.88 Å². The van der Waals surface area contributed by atoms with Crippen molar-refractivity contribution in [3.63, 3.8) is 0 Å². The van der Waals surface area contributed by atoms with Crippen LogP contribution in [0.2, 0.25) is 0 Å². The van der Waals surface area contributed by atoms with Crippen LogP contribution < -0.4 is 0 Å². The molecule has 3 rings (SSSR count). The highest BCUT2D eigenvalue weighted by Gasteiger charge is 2.31. The third-order valence-electron chi connectivity index (χ3n) is 4.45. The van der Waals surface area contributed by atoms with Gasteiger partial charge in [0.25, 0.3) is 6.43 Å². The van der Waals surface area contributed by atoms with Gasteiger partial charge in [0.1, 0.15) is 23.4 Å². The molecule has 0 N–H and O–H groups in total. The van der Waals surface area contributed by atoms with E-state index in [9.17, 15) is 22.8 Å². The minimum Gasteiger partial charge on any atom is -0.373 e. The molecule has 27 heavy (non-hydrogen) atoms. The number of nitriles is 1. The molecular formula is C18H17F4N3OS. The van der Waals surface area contributed by atoms with E-state index >= 15 is 0 Å². The van der Waals surface area contributed by atoms with Crippen molar-refractivity contribution in [2.24, 2.45) is 0 Å². The van der Waals surface area contributed by atoms with Gasteiger partial charge in [0, 0.05) is 19.2 Å². The first-order chi connectivity index (χ1) is 13.0. The van der Waals surface area contributed by atoms with E-state index in [1.54, 1.807) is 0 Å². The summed E-state index contributed by atoms with van der Waals surface area (Å²) in [5.74, 6) is -1.31. The van der Waals surface area contributed by atoms with E-state index in [2.05, 4.69) is 11.1 Å². The van der Waals surface area contributed by atoms with Crippen molar-refractivity contribution in [3.8, 4) is 6.07 Å². The fourth-order valence-electron chi connectivity index (χ4n) is 3.15. The van der Waals surface area contributed by atoms with Crippen molar-refractivity contribution in [2.75, 3.05) is 13.1 Å². The second-order valence-electron chi connectivity index (χ2n) is 6.26. The minimum atomic E-state index is -2.71. The number of nitrogens with zero attached hydrogens (tertiary/aromatic N) is 3. The summed E-state index contributed by atoms with van der Waals surface area (Å²) in [7, 11) is 0. The average Bonchev–Trinajstić information content (AvgIpc) is 3.11. The first-order valence-corrected chi connectivity index (χ1v) is 9.27. The predicted molar refractivity (Wildman–Crippen MR) is 91.2 cm³/mol. The van der Waals surface area contributed by atoms with Gasteiger partial charge in [0.15, 0.2) is 0 Å². The SMILES string of the molecule is N#CC(c1scnc1C(F)F)N1CCC(OCc2cc(F)cc(F)c2)CC1. The van der Waals surface area contributed by atoms with Gasteiger partial charge >= 0.3 is 0 Å². The molecule has 1 saturated heterocycles. The van der Waals surface area contributed by atoms with Crippen molar-refractivity contribution >= 4 is 11.3 Å². The summed E-state index contributed by atoms with van der Waals surface area (Å²) in [6, 6.07) is 4.58. The highest BCUT2D eigenvalue weighted by Crippen LogP contribution is 2.34. The zero-order valence-electron chi connectivity index (χ0n) is 14.2. The fraction of sp³-hybridized carbons (Fsp3) is 0.444. The van der Waals surface area contributed by atoms with Gasteiger partial charge in [0.2, 0.25) is 0 Å². The van der Waals surface area contributed by atoms with Crippen LogP contribution in [-0.4, -0.2) is 29.1 Å². The maximum absolute atomic E-state index is 13.2. The molecule has 4 nitrogen and oxygen atoms in total. The Morgan fingerprint density at radius 2 is 1.89 bits per heavy atom. The van der Waals surface area contributed by atoms with Crippen LogP contribution >= 0.6 is 11.3 Å². The molecule has 144 valence electrons. The molecule has 2 heterocycles. The summed E-state index contributed by atoms with van der Waals surface area (Å²) in [6.07, 6.45) is -1.64. The van der Waals surface area contributed by atoms with E-state index in [-0.39, 0.29) is 23.3 Å². The van der Waals surface area contributed by atoms with Crippen molar-refractivity contribution < 1.29 is 22.3 Å². The highest BCUT2D eigenvalue weighted by molar-refractivity contribution is 7.09. The molecule has 0 radical (unpaired) electrons. The number of thiazole rings is 1. The molecule has 1 atom stereocenters. The zero-order valence-corrected chi connectivity index (χ0v) is 15.1. The number of likely N-dealkylation sites (tertiary alicyclic amines) is 1. The summed E-state index contributed by atoms with van der Waals surface area (Å²) < 4.78 is 58.2. The van der Waals surface area contributed by atoms with E-state index in [1.807, 2.05) is 4.90 Å². The summed E-state index contributed by atoms with van der Waals surface area (Å²) in [4.78, 5) is 5.79. The van der Waals surface area contributed by atoms with Crippen LogP contribution in [0.5, 0.6) is 0 Å². The molecule has 0 saturated carbocycles. The number of hydrogen-bond donors (Lipinski definition) is 0. The normalized spacial score (nSPS) is 17.2. The first kappa shape index (κ1) is 19.7. The number of aromatic nitrogens is 1. The lowest BCUT2D eigenvalue weighted by atomic mass is 10.0. The van der Waals surface area contributed by atoms with E-state index in [1.165, 1.54) is 17.6 Å². The second kappa shape index (κ2) is 8.78. The average molecular weight is 399 g/mol. The van der Waals surface area contributed by atoms with E-state index in [0.29, 0.717) is 31.5 Å². The molecule has 1 fully saturated rings. The van der Waals surface area contributed by atoms with Gasteiger partial charge in [-0.2, -0.15) is 5.26 Å². The third-order valence-corrected chi connectivity index (χ3v) is 5.35. The maximum atomic E-state index is 13.2. The monoisotopic (exact) mass is 399 g/mol. The molecule has 9 heteroatoms. The van der Waals surface area contributed by atoms with Crippen LogP contribution in [-0.2, 0) is 11.3 Å². The molecule has 0 bridgehead atoms. The molecule has 1 aliphatic rings. The van der Waals surface area contributed by atoms with Crippen LogP contribution in [0.15, 0.2) is 23.7 Å². The first-order valence-electron chi connectivity index (χ1n) is 8.39. The van der Waals surface area contributed by atoms with Crippen LogP contribution in [0.25, 0.3) is 0 Å². The van der Waals surface area contributed by atoms with Crippen LogP contribution in [0, 0.1) is 23.0 Å². The Bertz CT molecular complexity index is 795. The lowest BCUT2D eigenvalue weighted by molar-refractivity contribution is -0.00714. The van der Waals surface area contributed by atoms with Crippen molar-refractivity contribution in [1.29, 1.82) is 5.26 Å². The lowest BCUT2D eigenvalue weighted by Gasteiger charge is -2.34. The lowest BCUT2D eigenvalue weighted by Crippen LogP contribution is -2.39. The molecule has 0 aliphatic carbocycles. The second-order valence-corrected chi connectivity index (χ2v) is 7.14. The number of alkyl halides is 2. The summed E-state index contributed by atoms with van der Waals surface area (Å²) in [5.41, 5.74) is 1.41. The van der Waals surface area contributed by atoms with Crippen LogP contribution in [0.3, 0.4) is 0 Å². The molecule has 0 spiro atoms. The molecule has 0 amide bonds. The number of hydrogen-bond acceptors (Lipinski definition) is 5. The van der Waals surface area contributed by atoms with Gasteiger partial charge in [0.05, 0.1) is 29.2 Å². The Balaban J connectivity index is 1.56. The number of piperidine rings is 1. The predicted octanol–water partition coefficient (Wildman–Crippen LogP) is 4.60. The minimum absolute atomic E-state index is 0.0887. The van der Waals surface area contributed by atoms with Gasteiger partial charge in [-0.05, 0) is 30.5 Å². The Morgan fingerprint density at radius 1 is 1.22 bits per heavy atom. The van der Waals surface area contributed by atoms with Crippen molar-refractivity contribution in [3.05, 3.63) is 51.5 Å². The Morgan fingerprint density at radius 3 is 2.48 bits per heavy atom. The van der Waals surface area contributed by atoms with Gasteiger partial charge in [-0.3, -0.25) is 4.90 Å². The number of benzene rings is 1. The quantitative estimate of drug-likeness (QED) is 0.666. The number of ether oxygens (including phenoxy) is 1. The Labute approximate surface area is 158 Å². The van der Waals surface area contributed by atoms with Gasteiger partial charge in [-0.25, -0.2) is 22.5 Å². The summed E-state index contributed by atoms with van der Waals surface area (Å²) in [6.45, 7) is 1.09. The highest BCUT2D eigenvalue weighted by atomic mass is 32.1. The molecule has 1 aliphatic heterocycles. The Kier molecular flexibility index (Phi) is 6.42. The summed E-state index contributed by atoms with van der Waals surface area (Å²) in [5, 5.41) is 9.47. The number of halogens is 4. The van der Waals surface area contributed by atoms with E-state index in [4.69, 9.17) is 4.74 Å². The molecule has 1 unspecified atom stereocenters. The molecule has 1 aromatic heterocycles. The van der Waals surface area contributed by atoms with E-state index < -0.39 is 24.1 Å². The maximum Gasteiger partial charge on any atom is 0.281 e. The largest absolute Gasteiger partial charge is 0.373 e. The molecular weight excluding hydrogens is 382 g/mol. The van der Waals surface area contributed by atoms with E-state index in [0.717, 1.165) is 17.4 Å². The smallest absolute Gasteiger partial charge is 0.281 e. The van der Waals surface area contributed by atoms with Gasteiger partial charge in [-0.15, -0.1) is 11.3 Å². The van der Waals surface area contributed by atoms with Crippen LogP contribution in [0.4, 0.5) is 17.6 Å². The fourth-order valence-corrected chi connectivity index (χ4v) is 4.02. The standard InChI is InChI=1S/C18H17F4N3OS/c19-12-5-11(6-13(20)7-12)9-26-14-1-3-25(4-2-14)15(8-23)17-16(18(21)22)24-10-27-17/h5-7,10,14-15,18H,1-4,9H2. The molecule has 1 aromatic carbocycles. The zero-order chi connectivity index (χ0) is 19.4. The van der Waals surface area contributed by atoms with Crippen LogP contribution in [0.1, 0.15) is 41.4 Å². The topological polar surface area (TPSA) is 49.2 Å². The van der Waals surface area contributed by atoms with Crippen molar-refractivity contribution in [2.45, 2.75) is 38.0 Å². The summed E-state index contributed by atoms with van der Waals surface area (Å²) >= 11 is 1.06.